The topological polar surface area (TPSA) is 95.4 Å². The van der Waals surface area contributed by atoms with Crippen molar-refractivity contribution in [3.63, 3.8) is 0 Å². The maximum Gasteiger partial charge on any atom is 0.247 e. The molecule has 0 spiro atoms. The highest BCUT2D eigenvalue weighted by atomic mass is 32.2. The molecule has 0 aliphatic heterocycles. The van der Waals surface area contributed by atoms with Gasteiger partial charge in [-0.25, -0.2) is 8.42 Å². The van der Waals surface area contributed by atoms with Gasteiger partial charge in [-0.1, -0.05) is 12.1 Å². The summed E-state index contributed by atoms with van der Waals surface area (Å²) in [7, 11) is -3.04. The maximum absolute atomic E-state index is 11.2. The molecule has 8 heteroatoms. The van der Waals surface area contributed by atoms with Crippen molar-refractivity contribution in [2.24, 2.45) is 0 Å². The first kappa shape index (κ1) is 18.2. The third-order valence-electron chi connectivity index (χ3n) is 4.23. The van der Waals surface area contributed by atoms with Crippen molar-refractivity contribution in [1.29, 1.82) is 0 Å². The van der Waals surface area contributed by atoms with E-state index in [-0.39, 0.29) is 12.4 Å². The fourth-order valence-corrected chi connectivity index (χ4v) is 3.23. The van der Waals surface area contributed by atoms with Gasteiger partial charge in [-0.15, -0.1) is 10.2 Å². The lowest BCUT2D eigenvalue weighted by Crippen LogP contribution is -2.11. The number of fused-ring (bicyclic) bond motifs is 1. The first-order chi connectivity index (χ1) is 13.4. The molecule has 0 bridgehead atoms. The SMILES string of the molecule is Cc1nnc(-c2ccc3occ(-c4ccc(OCCS(C)(=O)=O)cc4)c3c2)o1. The van der Waals surface area contributed by atoms with Crippen LogP contribution in [0.2, 0.25) is 0 Å². The fraction of sp³-hybridized carbons (Fsp3) is 0.200. The van der Waals surface area contributed by atoms with Crippen LogP contribution in [0.5, 0.6) is 5.75 Å². The van der Waals surface area contributed by atoms with Gasteiger partial charge in [0, 0.05) is 29.7 Å². The van der Waals surface area contributed by atoms with Gasteiger partial charge in [0.25, 0.3) is 0 Å². The van der Waals surface area contributed by atoms with Crippen molar-refractivity contribution in [2.75, 3.05) is 18.6 Å². The van der Waals surface area contributed by atoms with Crippen LogP contribution in [0.1, 0.15) is 5.89 Å². The zero-order chi connectivity index (χ0) is 19.7. The zero-order valence-electron chi connectivity index (χ0n) is 15.4. The standard InChI is InChI=1S/C20H18N2O5S/c1-13-21-22-20(27-13)15-5-8-19-17(11-15)18(12-26-19)14-3-6-16(7-4-14)25-9-10-28(2,23)24/h3-8,11-12H,9-10H2,1-2H3. The van der Waals surface area contributed by atoms with E-state index in [0.717, 1.165) is 27.7 Å². The van der Waals surface area contributed by atoms with Gasteiger partial charge in [0.1, 0.15) is 17.9 Å². The molecule has 0 radical (unpaired) electrons. The summed E-state index contributed by atoms with van der Waals surface area (Å²) < 4.78 is 39.0. The van der Waals surface area contributed by atoms with Crippen molar-refractivity contribution in [2.45, 2.75) is 6.92 Å². The number of hydrogen-bond donors (Lipinski definition) is 0. The Morgan fingerprint density at radius 2 is 1.79 bits per heavy atom. The van der Waals surface area contributed by atoms with Crippen molar-refractivity contribution < 1.29 is 22.0 Å². The van der Waals surface area contributed by atoms with E-state index in [1.54, 1.807) is 13.2 Å². The molecule has 0 unspecified atom stereocenters. The molecule has 144 valence electrons. The highest BCUT2D eigenvalue weighted by Crippen LogP contribution is 2.34. The second-order valence-electron chi connectivity index (χ2n) is 6.49. The number of benzene rings is 2. The third-order valence-corrected chi connectivity index (χ3v) is 5.14. The molecule has 2 heterocycles. The third kappa shape index (κ3) is 3.91. The molecule has 2 aromatic carbocycles. The maximum atomic E-state index is 11.2. The molecule has 4 rings (SSSR count). The van der Waals surface area contributed by atoms with Crippen LogP contribution in [0.15, 0.2) is 57.6 Å². The second-order valence-corrected chi connectivity index (χ2v) is 8.75. The summed E-state index contributed by atoms with van der Waals surface area (Å²) in [6, 6.07) is 13.1. The van der Waals surface area contributed by atoms with Crippen LogP contribution in [0.3, 0.4) is 0 Å². The molecule has 0 N–H and O–H groups in total. The number of aromatic nitrogens is 2. The quantitative estimate of drug-likeness (QED) is 0.486. The molecule has 0 saturated heterocycles. The summed E-state index contributed by atoms with van der Waals surface area (Å²) in [5.41, 5.74) is 3.45. The summed E-state index contributed by atoms with van der Waals surface area (Å²) >= 11 is 0. The van der Waals surface area contributed by atoms with E-state index in [1.165, 1.54) is 6.26 Å². The molecule has 0 aliphatic rings. The Morgan fingerprint density at radius 1 is 1.04 bits per heavy atom. The molecule has 0 aliphatic carbocycles. The summed E-state index contributed by atoms with van der Waals surface area (Å²) in [6.07, 6.45) is 2.89. The van der Waals surface area contributed by atoms with E-state index in [4.69, 9.17) is 13.6 Å². The lowest BCUT2D eigenvalue weighted by atomic mass is 10.0. The number of aryl methyl sites for hydroxylation is 1. The molecule has 4 aromatic rings. The van der Waals surface area contributed by atoms with E-state index in [9.17, 15) is 8.42 Å². The average molecular weight is 398 g/mol. The van der Waals surface area contributed by atoms with E-state index >= 15 is 0 Å². The second kappa shape index (κ2) is 7.12. The lowest BCUT2D eigenvalue weighted by Gasteiger charge is -2.06. The summed E-state index contributed by atoms with van der Waals surface area (Å²) in [6.45, 7) is 1.87. The minimum Gasteiger partial charge on any atom is -0.493 e. The van der Waals surface area contributed by atoms with Gasteiger partial charge in [-0.3, -0.25) is 0 Å². The van der Waals surface area contributed by atoms with Crippen LogP contribution in [0, 0.1) is 6.92 Å². The number of nitrogens with zero attached hydrogens (tertiary/aromatic N) is 2. The Bertz CT molecular complexity index is 1220. The molecule has 0 fully saturated rings. The van der Waals surface area contributed by atoms with Gasteiger partial charge >= 0.3 is 0 Å². The summed E-state index contributed by atoms with van der Waals surface area (Å²) in [5.74, 6) is 1.57. The van der Waals surface area contributed by atoms with E-state index in [1.807, 2.05) is 42.5 Å². The number of rotatable bonds is 6. The predicted octanol–water partition coefficient (Wildman–Crippen LogP) is 3.88. The number of hydrogen-bond acceptors (Lipinski definition) is 7. The van der Waals surface area contributed by atoms with Crippen molar-refractivity contribution in [3.05, 3.63) is 54.6 Å². The molecular formula is C20H18N2O5S. The highest BCUT2D eigenvalue weighted by Gasteiger charge is 2.13. The first-order valence-electron chi connectivity index (χ1n) is 8.62. The Balaban J connectivity index is 1.60. The van der Waals surface area contributed by atoms with Gasteiger partial charge in [0.05, 0.1) is 12.0 Å². The van der Waals surface area contributed by atoms with Gasteiger partial charge < -0.3 is 13.6 Å². The van der Waals surface area contributed by atoms with Crippen LogP contribution < -0.4 is 4.74 Å². The lowest BCUT2D eigenvalue weighted by molar-refractivity contribution is 0.341. The van der Waals surface area contributed by atoms with Crippen LogP contribution in [0.4, 0.5) is 0 Å². The summed E-state index contributed by atoms with van der Waals surface area (Å²) in [5, 5.41) is 8.86. The van der Waals surface area contributed by atoms with E-state index < -0.39 is 9.84 Å². The number of furan rings is 1. The van der Waals surface area contributed by atoms with Crippen molar-refractivity contribution >= 4 is 20.8 Å². The molecule has 7 nitrogen and oxygen atoms in total. The number of ether oxygens (including phenoxy) is 1. The molecular weight excluding hydrogens is 380 g/mol. The Morgan fingerprint density at radius 3 is 2.46 bits per heavy atom. The van der Waals surface area contributed by atoms with Crippen LogP contribution in [0.25, 0.3) is 33.6 Å². The molecule has 0 saturated carbocycles. The molecule has 0 amide bonds. The van der Waals surface area contributed by atoms with Gasteiger partial charge in [0.2, 0.25) is 11.8 Å². The molecule has 0 atom stereocenters. The predicted molar refractivity (Wildman–Crippen MR) is 105 cm³/mol. The van der Waals surface area contributed by atoms with Crippen LogP contribution in [-0.4, -0.2) is 37.2 Å². The van der Waals surface area contributed by atoms with E-state index in [2.05, 4.69) is 10.2 Å². The van der Waals surface area contributed by atoms with Gasteiger partial charge in [0.15, 0.2) is 9.84 Å². The average Bonchev–Trinajstić information content (AvgIpc) is 3.27. The fourth-order valence-electron chi connectivity index (χ4n) is 2.84. The molecule has 2 aromatic heterocycles. The zero-order valence-corrected chi connectivity index (χ0v) is 16.2. The first-order valence-corrected chi connectivity index (χ1v) is 10.7. The van der Waals surface area contributed by atoms with Crippen molar-refractivity contribution in [3.8, 4) is 28.3 Å². The Labute approximate surface area is 161 Å². The summed E-state index contributed by atoms with van der Waals surface area (Å²) in [4.78, 5) is 0. The normalized spacial score (nSPS) is 11.8. The minimum absolute atomic E-state index is 0.0148. The monoisotopic (exact) mass is 398 g/mol. The Kier molecular flexibility index (Phi) is 4.64. The largest absolute Gasteiger partial charge is 0.493 e. The smallest absolute Gasteiger partial charge is 0.247 e. The van der Waals surface area contributed by atoms with Crippen LogP contribution >= 0.6 is 0 Å². The van der Waals surface area contributed by atoms with Crippen molar-refractivity contribution in [1.82, 2.24) is 10.2 Å². The van der Waals surface area contributed by atoms with Gasteiger partial charge in [-0.2, -0.15) is 0 Å². The minimum atomic E-state index is -3.04. The number of sulfone groups is 1. The highest BCUT2D eigenvalue weighted by molar-refractivity contribution is 7.90. The molecule has 28 heavy (non-hydrogen) atoms. The van der Waals surface area contributed by atoms with Gasteiger partial charge in [-0.05, 0) is 35.9 Å². The Hall–Kier alpha value is -3.13. The van der Waals surface area contributed by atoms with Crippen LogP contribution in [-0.2, 0) is 9.84 Å². The van der Waals surface area contributed by atoms with E-state index in [0.29, 0.717) is 17.5 Å².